The number of ether oxygens (including phenoxy) is 8. The maximum atomic E-state index is 12.5. The van der Waals surface area contributed by atoms with Gasteiger partial charge in [-0.2, -0.15) is 0 Å². The number of hydrogen-bond acceptors (Lipinski definition) is 9. The molecule has 0 bridgehead atoms. The molecule has 4 rings (SSSR count). The van der Waals surface area contributed by atoms with Crippen molar-refractivity contribution in [3.05, 3.63) is 65.2 Å². The van der Waals surface area contributed by atoms with Crippen LogP contribution in [0.2, 0.25) is 0 Å². The van der Waals surface area contributed by atoms with Gasteiger partial charge in [-0.3, -0.25) is 4.79 Å². The summed E-state index contributed by atoms with van der Waals surface area (Å²) >= 11 is 0. The average molecular weight is 525 g/mol. The first-order valence-electron chi connectivity index (χ1n) is 11.9. The van der Waals surface area contributed by atoms with Crippen molar-refractivity contribution in [1.82, 2.24) is 0 Å². The second kappa shape index (κ2) is 11.4. The molecule has 0 N–H and O–H groups in total. The number of hydrogen-bond donors (Lipinski definition) is 0. The van der Waals surface area contributed by atoms with E-state index in [1.54, 1.807) is 60.9 Å². The molecule has 38 heavy (non-hydrogen) atoms. The monoisotopic (exact) mass is 524 g/mol. The van der Waals surface area contributed by atoms with E-state index in [-0.39, 0.29) is 0 Å². The molecule has 3 atom stereocenters. The van der Waals surface area contributed by atoms with Gasteiger partial charge in [0.2, 0.25) is 0 Å². The third-order valence-electron chi connectivity index (χ3n) is 6.54. The molecule has 3 aromatic rings. The van der Waals surface area contributed by atoms with Gasteiger partial charge in [-0.1, -0.05) is 12.1 Å². The summed E-state index contributed by atoms with van der Waals surface area (Å²) in [6.07, 6.45) is -1.53. The van der Waals surface area contributed by atoms with Gasteiger partial charge in [0.25, 0.3) is 0 Å². The zero-order chi connectivity index (χ0) is 27.4. The fourth-order valence-electron chi connectivity index (χ4n) is 4.82. The summed E-state index contributed by atoms with van der Waals surface area (Å²) in [6, 6.07) is 14.5. The van der Waals surface area contributed by atoms with Crippen molar-refractivity contribution in [3.63, 3.8) is 0 Å². The maximum absolute atomic E-state index is 12.5. The highest BCUT2D eigenvalue weighted by atomic mass is 16.6. The third kappa shape index (κ3) is 4.96. The Morgan fingerprint density at radius 3 is 1.87 bits per heavy atom. The summed E-state index contributed by atoms with van der Waals surface area (Å²) in [7, 11) is 9.42. The quantitative estimate of drug-likeness (QED) is 0.361. The van der Waals surface area contributed by atoms with Gasteiger partial charge in [0, 0.05) is 41.8 Å². The van der Waals surface area contributed by atoms with Crippen molar-refractivity contribution in [3.8, 4) is 40.2 Å². The van der Waals surface area contributed by atoms with Crippen molar-refractivity contribution in [2.45, 2.75) is 25.0 Å². The highest BCUT2D eigenvalue weighted by Gasteiger charge is 2.45. The van der Waals surface area contributed by atoms with Gasteiger partial charge in [-0.05, 0) is 18.2 Å². The molecule has 0 saturated heterocycles. The summed E-state index contributed by atoms with van der Waals surface area (Å²) in [6.45, 7) is 1.37. The first-order chi connectivity index (χ1) is 18.4. The van der Waals surface area contributed by atoms with Gasteiger partial charge in [-0.15, -0.1) is 0 Å². The SMILES string of the molecule is COc1ccc2c(c1)O[C@H](c1ccc(OC)c(OC)c1)[C@@H](OC(C)=O)[C@@H]2c1c(OC)cc(OC)cc1OC. The standard InChI is InChI=1S/C29H32O9/c1-16(30)37-29-26(27-24(35-6)14-19(32-3)15-25(27)36-7)20-10-9-18(31-2)13-22(20)38-28(29)17-8-11-21(33-4)23(12-17)34-5/h8-15,26,28-29H,1-7H3/t26-,28+,29-/m0/s1. The Balaban J connectivity index is 2.01. The smallest absolute Gasteiger partial charge is 0.303 e. The molecule has 202 valence electrons. The van der Waals surface area contributed by atoms with Crippen LogP contribution < -0.4 is 33.2 Å². The molecule has 0 aliphatic carbocycles. The van der Waals surface area contributed by atoms with E-state index in [1.165, 1.54) is 6.92 Å². The number of methoxy groups -OCH3 is 6. The van der Waals surface area contributed by atoms with Gasteiger partial charge >= 0.3 is 5.97 Å². The lowest BCUT2D eigenvalue weighted by molar-refractivity contribution is -0.153. The van der Waals surface area contributed by atoms with Gasteiger partial charge in [0.05, 0.1) is 48.6 Å². The average Bonchev–Trinajstić information content (AvgIpc) is 2.95. The molecule has 0 saturated carbocycles. The minimum Gasteiger partial charge on any atom is -0.497 e. The normalized spacial score (nSPS) is 17.9. The van der Waals surface area contributed by atoms with E-state index in [1.807, 2.05) is 30.3 Å². The topological polar surface area (TPSA) is 90.9 Å². The molecule has 1 heterocycles. The number of carbonyl (C=O) groups is 1. The van der Waals surface area contributed by atoms with Gasteiger partial charge < -0.3 is 37.9 Å². The molecule has 1 aliphatic rings. The Kier molecular flexibility index (Phi) is 8.05. The van der Waals surface area contributed by atoms with E-state index < -0.39 is 24.1 Å². The van der Waals surface area contributed by atoms with Crippen LogP contribution in [0.3, 0.4) is 0 Å². The molecule has 0 unspecified atom stereocenters. The predicted molar refractivity (Wildman–Crippen MR) is 139 cm³/mol. The van der Waals surface area contributed by atoms with E-state index in [2.05, 4.69) is 0 Å². The van der Waals surface area contributed by atoms with Crippen LogP contribution in [0, 0.1) is 0 Å². The zero-order valence-electron chi connectivity index (χ0n) is 22.5. The molecule has 0 radical (unpaired) electrons. The highest BCUT2D eigenvalue weighted by molar-refractivity contribution is 5.67. The van der Waals surface area contributed by atoms with Crippen LogP contribution in [0.15, 0.2) is 48.5 Å². The molecule has 3 aromatic carbocycles. The lowest BCUT2D eigenvalue weighted by Gasteiger charge is -2.40. The van der Waals surface area contributed by atoms with E-state index in [0.29, 0.717) is 45.8 Å². The summed E-state index contributed by atoms with van der Waals surface area (Å²) in [5, 5.41) is 0. The minimum atomic E-state index is -0.803. The summed E-state index contributed by atoms with van der Waals surface area (Å²) in [4.78, 5) is 12.5. The van der Waals surface area contributed by atoms with Gasteiger partial charge in [-0.25, -0.2) is 0 Å². The maximum Gasteiger partial charge on any atom is 0.303 e. The van der Waals surface area contributed by atoms with Crippen LogP contribution in [0.25, 0.3) is 0 Å². The largest absolute Gasteiger partial charge is 0.497 e. The Morgan fingerprint density at radius 1 is 0.684 bits per heavy atom. The molecule has 9 heteroatoms. The minimum absolute atomic E-state index is 0.461. The molecule has 9 nitrogen and oxygen atoms in total. The van der Waals surface area contributed by atoms with E-state index >= 15 is 0 Å². The van der Waals surface area contributed by atoms with Crippen molar-refractivity contribution in [2.75, 3.05) is 42.7 Å². The Bertz CT molecular complexity index is 1280. The Morgan fingerprint density at radius 2 is 1.32 bits per heavy atom. The molecular weight excluding hydrogens is 492 g/mol. The fourth-order valence-corrected chi connectivity index (χ4v) is 4.82. The van der Waals surface area contributed by atoms with Crippen LogP contribution in [0.1, 0.15) is 35.6 Å². The first kappa shape index (κ1) is 26.8. The Hall–Kier alpha value is -4.27. The summed E-state index contributed by atoms with van der Waals surface area (Å²) in [5.41, 5.74) is 2.18. The van der Waals surface area contributed by atoms with Crippen LogP contribution >= 0.6 is 0 Å². The molecule has 0 aromatic heterocycles. The van der Waals surface area contributed by atoms with E-state index in [9.17, 15) is 4.79 Å². The van der Waals surface area contributed by atoms with Crippen LogP contribution in [0.5, 0.6) is 40.2 Å². The van der Waals surface area contributed by atoms with Crippen molar-refractivity contribution < 1.29 is 42.7 Å². The fraction of sp³-hybridized carbons (Fsp3) is 0.345. The van der Waals surface area contributed by atoms with Crippen LogP contribution in [0.4, 0.5) is 0 Å². The van der Waals surface area contributed by atoms with Crippen molar-refractivity contribution in [1.29, 1.82) is 0 Å². The van der Waals surface area contributed by atoms with Crippen LogP contribution in [-0.2, 0) is 9.53 Å². The number of esters is 1. The molecule has 0 spiro atoms. The molecule has 1 aliphatic heterocycles. The Labute approximate surface area is 222 Å². The summed E-state index contributed by atoms with van der Waals surface area (Å²) < 4.78 is 46.0. The van der Waals surface area contributed by atoms with Crippen molar-refractivity contribution >= 4 is 5.97 Å². The van der Waals surface area contributed by atoms with Gasteiger partial charge in [0.15, 0.2) is 23.7 Å². The molecule has 0 amide bonds. The first-order valence-corrected chi connectivity index (χ1v) is 11.9. The number of benzene rings is 3. The summed E-state index contributed by atoms with van der Waals surface area (Å²) in [5.74, 6) is 2.85. The number of rotatable bonds is 9. The zero-order valence-corrected chi connectivity index (χ0v) is 22.5. The third-order valence-corrected chi connectivity index (χ3v) is 6.54. The van der Waals surface area contributed by atoms with Crippen molar-refractivity contribution in [2.24, 2.45) is 0 Å². The predicted octanol–water partition coefficient (Wildman–Crippen LogP) is 4.94. The second-order valence-corrected chi connectivity index (χ2v) is 8.55. The van der Waals surface area contributed by atoms with Crippen LogP contribution in [-0.4, -0.2) is 54.7 Å². The van der Waals surface area contributed by atoms with Gasteiger partial charge in [0.1, 0.15) is 28.7 Å². The number of carbonyl (C=O) groups excluding carboxylic acids is 1. The van der Waals surface area contributed by atoms with E-state index in [4.69, 9.17) is 37.9 Å². The number of fused-ring (bicyclic) bond motifs is 1. The lowest BCUT2D eigenvalue weighted by atomic mass is 9.79. The lowest BCUT2D eigenvalue weighted by Crippen LogP contribution is -2.38. The second-order valence-electron chi connectivity index (χ2n) is 8.55. The van der Waals surface area contributed by atoms with E-state index in [0.717, 1.165) is 11.1 Å². The highest BCUT2D eigenvalue weighted by Crippen LogP contribution is 2.53. The molecule has 0 fully saturated rings. The molecular formula is C29H32O9.